The Bertz CT molecular complexity index is 168. The summed E-state index contributed by atoms with van der Waals surface area (Å²) in [4.78, 5) is 0. The molecule has 0 aromatic heterocycles. The molecule has 9 heavy (non-hydrogen) atoms. The number of rotatable bonds is 0. The van der Waals surface area contributed by atoms with Crippen LogP contribution in [0.1, 0.15) is 0 Å². The molecule has 0 rings (SSSR count). The summed E-state index contributed by atoms with van der Waals surface area (Å²) in [7, 11) is -5.84. The smallest absolute Gasteiger partial charge is 0.279 e. The van der Waals surface area contributed by atoms with Crippen LogP contribution in [0.3, 0.4) is 0 Å². The van der Waals surface area contributed by atoms with E-state index >= 15 is 0 Å². The summed E-state index contributed by atoms with van der Waals surface area (Å²) < 4.78 is 57.5. The zero-order valence-corrected chi connectivity index (χ0v) is 5.85. The number of halogens is 3. The zero-order chi connectivity index (χ0) is 7.00. The summed E-state index contributed by atoms with van der Waals surface area (Å²) in [5.74, 6) is 0. The Morgan fingerprint density at radius 2 is 1.33 bits per heavy atom. The van der Waals surface area contributed by atoms with E-state index in [2.05, 4.69) is 0 Å². The van der Waals surface area contributed by atoms with Gasteiger partial charge in [0.15, 0.2) is 0 Å². The fourth-order valence-electron chi connectivity index (χ4n) is 0. The van der Waals surface area contributed by atoms with Gasteiger partial charge in [-0.15, -0.1) is 0 Å². The van der Waals surface area contributed by atoms with E-state index in [0.29, 0.717) is 0 Å². The third-order valence-corrected chi connectivity index (χ3v) is 0.877. The molecule has 0 aliphatic carbocycles. The number of hydrogen-bond acceptors (Lipinski definition) is 2. The third-order valence-electron chi connectivity index (χ3n) is 0.292. The van der Waals surface area contributed by atoms with Crippen molar-refractivity contribution in [3.8, 4) is 0 Å². The molecule has 0 unspecified atom stereocenters. The van der Waals surface area contributed by atoms with Crippen molar-refractivity contribution < 1.29 is 26.1 Å². The number of alkyl halides is 3. The maximum absolute atomic E-state index is 10.7. The van der Waals surface area contributed by atoms with Gasteiger partial charge in [0.2, 0.25) is 0 Å². The molecule has 0 saturated carbocycles. The minimum absolute atomic E-state index is 0. The van der Waals surface area contributed by atoms with E-state index in [4.69, 9.17) is 13.0 Å². The van der Waals surface area contributed by atoms with Gasteiger partial charge >= 0.3 is 33.0 Å². The van der Waals surface area contributed by atoms with Gasteiger partial charge in [-0.25, -0.2) is 0 Å². The van der Waals surface area contributed by atoms with Gasteiger partial charge in [0.1, 0.15) is 0 Å². The first kappa shape index (κ1) is 12.0. The Morgan fingerprint density at radius 1 is 1.22 bits per heavy atom. The van der Waals surface area contributed by atoms with Gasteiger partial charge in [-0.2, -0.15) is 21.6 Å². The van der Waals surface area contributed by atoms with Crippen molar-refractivity contribution in [2.75, 3.05) is 0 Å². The van der Waals surface area contributed by atoms with Gasteiger partial charge in [-0.3, -0.25) is 4.55 Å². The van der Waals surface area contributed by atoms with E-state index in [9.17, 15) is 13.2 Å². The van der Waals surface area contributed by atoms with E-state index < -0.39 is 15.6 Å². The summed E-state index contributed by atoms with van der Waals surface area (Å²) in [6.45, 7) is 0. The molecule has 50 valence electrons. The maximum Gasteiger partial charge on any atom is 3.00 e. The zero-order valence-electron chi connectivity index (χ0n) is 3.88. The molecule has 0 aromatic carbocycles. The van der Waals surface area contributed by atoms with Crippen molar-refractivity contribution in [3.63, 3.8) is 0 Å². The van der Waals surface area contributed by atoms with Crippen molar-refractivity contribution in [2.45, 2.75) is 5.51 Å². The first-order valence-electron chi connectivity index (χ1n) is 1.29. The molecule has 0 amide bonds. The van der Waals surface area contributed by atoms with Gasteiger partial charge in [-0.05, 0) is 0 Å². The normalized spacial score (nSPS) is 12.4. The van der Waals surface area contributed by atoms with Gasteiger partial charge in [0.25, 0.3) is 0 Å². The Balaban J connectivity index is 0. The molecule has 0 aliphatic heterocycles. The standard InChI is InChI=1S/CHF3O3S.Al/c2-1(3,4)8(5,6)7;/h(H,5,6,7);/q;+3. The Hall–Kier alpha value is 0.232. The molecular formula is CHAlF3O3S+3. The van der Waals surface area contributed by atoms with Crippen LogP contribution in [0.4, 0.5) is 13.2 Å². The van der Waals surface area contributed by atoms with Crippen LogP contribution >= 0.6 is 0 Å². The summed E-state index contributed by atoms with van der Waals surface area (Å²) in [5.41, 5.74) is -5.53. The van der Waals surface area contributed by atoms with Crippen LogP contribution in [0.25, 0.3) is 0 Å². The van der Waals surface area contributed by atoms with Crippen LogP contribution in [0, 0.1) is 0 Å². The molecule has 0 aromatic rings. The fraction of sp³-hybridized carbons (Fsp3) is 1.00. The van der Waals surface area contributed by atoms with E-state index in [-0.39, 0.29) is 17.4 Å². The molecule has 0 saturated heterocycles. The second-order valence-electron chi connectivity index (χ2n) is 0.921. The van der Waals surface area contributed by atoms with Crippen LogP contribution in [-0.2, 0) is 10.1 Å². The molecule has 3 nitrogen and oxygen atoms in total. The first-order chi connectivity index (χ1) is 3.25. The largest absolute Gasteiger partial charge is 3.00 e. The average Bonchev–Trinajstić information content (AvgIpc) is 1.25. The molecule has 0 fully saturated rings. The summed E-state index contributed by atoms with van der Waals surface area (Å²) in [5, 5.41) is 0. The molecule has 1 N–H and O–H groups in total. The topological polar surface area (TPSA) is 54.4 Å². The molecule has 8 heteroatoms. The predicted molar refractivity (Wildman–Crippen MR) is 23.4 cm³/mol. The van der Waals surface area contributed by atoms with Gasteiger partial charge < -0.3 is 0 Å². The summed E-state index contributed by atoms with van der Waals surface area (Å²) in [6, 6.07) is 0. The molecule has 0 atom stereocenters. The first-order valence-corrected chi connectivity index (χ1v) is 2.73. The third kappa shape index (κ3) is 3.75. The van der Waals surface area contributed by atoms with E-state index in [1.807, 2.05) is 0 Å². The van der Waals surface area contributed by atoms with Crippen molar-refractivity contribution >= 4 is 27.5 Å². The monoisotopic (exact) mass is 177 g/mol. The van der Waals surface area contributed by atoms with Crippen LogP contribution in [0.15, 0.2) is 0 Å². The van der Waals surface area contributed by atoms with E-state index in [1.54, 1.807) is 0 Å². The Labute approximate surface area is 59.7 Å². The average molecular weight is 177 g/mol. The Morgan fingerprint density at radius 3 is 1.33 bits per heavy atom. The van der Waals surface area contributed by atoms with Crippen molar-refractivity contribution in [1.29, 1.82) is 0 Å². The van der Waals surface area contributed by atoms with Crippen molar-refractivity contribution in [2.24, 2.45) is 0 Å². The van der Waals surface area contributed by atoms with Crippen molar-refractivity contribution in [1.82, 2.24) is 0 Å². The van der Waals surface area contributed by atoms with Gasteiger partial charge in [0.05, 0.1) is 0 Å². The van der Waals surface area contributed by atoms with Crippen LogP contribution in [0.5, 0.6) is 0 Å². The number of hydrogen-bond donors (Lipinski definition) is 1. The van der Waals surface area contributed by atoms with Gasteiger partial charge in [-0.1, -0.05) is 0 Å². The molecule has 0 spiro atoms. The van der Waals surface area contributed by atoms with Crippen LogP contribution in [0.2, 0.25) is 0 Å². The second-order valence-corrected chi connectivity index (χ2v) is 2.33. The second kappa shape index (κ2) is 2.88. The predicted octanol–water partition coefficient (Wildman–Crippen LogP) is 0.0132. The minimum atomic E-state index is -5.84. The van der Waals surface area contributed by atoms with Crippen molar-refractivity contribution in [3.05, 3.63) is 0 Å². The molecule has 0 radical (unpaired) electrons. The maximum atomic E-state index is 10.7. The Kier molecular flexibility index (Phi) is 3.83. The molecule has 0 bridgehead atoms. The quantitative estimate of drug-likeness (QED) is 0.322. The van der Waals surface area contributed by atoms with Gasteiger partial charge in [0, 0.05) is 0 Å². The minimum Gasteiger partial charge on any atom is -0.279 e. The van der Waals surface area contributed by atoms with Crippen LogP contribution in [-0.4, -0.2) is 35.8 Å². The molecular weight excluding hydrogens is 176 g/mol. The molecule has 0 aliphatic rings. The molecule has 0 heterocycles. The van der Waals surface area contributed by atoms with E-state index in [1.165, 1.54) is 0 Å². The summed E-state index contributed by atoms with van der Waals surface area (Å²) in [6.07, 6.45) is 0. The fourth-order valence-corrected chi connectivity index (χ4v) is 0. The van der Waals surface area contributed by atoms with Crippen LogP contribution < -0.4 is 0 Å². The SMILES string of the molecule is O=S(=O)(O)C(F)(F)F.[Al+3]. The van der Waals surface area contributed by atoms with E-state index in [0.717, 1.165) is 0 Å². The summed E-state index contributed by atoms with van der Waals surface area (Å²) >= 11 is 0.